The van der Waals surface area contributed by atoms with Crippen molar-refractivity contribution in [3.63, 3.8) is 0 Å². The van der Waals surface area contributed by atoms with Gasteiger partial charge in [-0.3, -0.25) is 10.1 Å². The van der Waals surface area contributed by atoms with Crippen LogP contribution in [0.1, 0.15) is 0 Å². The summed E-state index contributed by atoms with van der Waals surface area (Å²) in [5, 5.41) is 2.58. The number of rotatable bonds is 2. The highest BCUT2D eigenvalue weighted by atomic mass is 16.6. The Kier molecular flexibility index (Phi) is 2.97. The molecule has 0 saturated carbocycles. The van der Waals surface area contributed by atoms with Crippen molar-refractivity contribution in [3.05, 3.63) is 42.7 Å². The van der Waals surface area contributed by atoms with E-state index in [1.165, 1.54) is 0 Å². The molecule has 0 saturated heterocycles. The Hall–Kier alpha value is -2.63. The second-order valence-electron chi connectivity index (χ2n) is 3.93. The number of aromatic nitrogens is 2. The minimum Gasteiger partial charge on any atom is -0.485 e. The second-order valence-corrected chi connectivity index (χ2v) is 3.93. The quantitative estimate of drug-likeness (QED) is 0.876. The topological polar surface area (TPSA) is 73.3 Å². The lowest BCUT2D eigenvalue weighted by atomic mass is 10.2. The Balaban J connectivity index is 1.70. The predicted molar refractivity (Wildman–Crippen MR) is 67.0 cm³/mol. The molecule has 1 aliphatic heterocycles. The minimum atomic E-state index is -0.710. The van der Waals surface area contributed by atoms with Crippen LogP contribution in [0, 0.1) is 0 Å². The SMILES string of the molecule is O=C(Nc1ncccn1)[C@@H]1COc2ccccc2O1. The summed E-state index contributed by atoms with van der Waals surface area (Å²) in [4.78, 5) is 19.8. The van der Waals surface area contributed by atoms with E-state index in [2.05, 4.69) is 15.3 Å². The summed E-state index contributed by atoms with van der Waals surface area (Å²) in [5.74, 6) is 1.11. The molecule has 2 aromatic rings. The van der Waals surface area contributed by atoms with Crippen molar-refractivity contribution in [2.75, 3.05) is 11.9 Å². The zero-order chi connectivity index (χ0) is 13.1. The molecule has 0 fully saturated rings. The Labute approximate surface area is 109 Å². The van der Waals surface area contributed by atoms with E-state index in [1.807, 2.05) is 12.1 Å². The Morgan fingerprint density at radius 1 is 1.16 bits per heavy atom. The van der Waals surface area contributed by atoms with Gasteiger partial charge in [-0.15, -0.1) is 0 Å². The maximum absolute atomic E-state index is 12.0. The van der Waals surface area contributed by atoms with Crippen molar-refractivity contribution < 1.29 is 14.3 Å². The van der Waals surface area contributed by atoms with Crippen molar-refractivity contribution in [1.82, 2.24) is 9.97 Å². The lowest BCUT2D eigenvalue weighted by Crippen LogP contribution is -2.40. The Bertz CT molecular complexity index is 589. The van der Waals surface area contributed by atoms with Gasteiger partial charge in [-0.2, -0.15) is 0 Å². The van der Waals surface area contributed by atoms with Gasteiger partial charge in [0.2, 0.25) is 12.1 Å². The molecule has 0 bridgehead atoms. The van der Waals surface area contributed by atoms with Crippen LogP contribution in [0.5, 0.6) is 11.5 Å². The minimum absolute atomic E-state index is 0.162. The summed E-state index contributed by atoms with van der Waals surface area (Å²) >= 11 is 0. The molecule has 0 aliphatic carbocycles. The van der Waals surface area contributed by atoms with Gasteiger partial charge in [0.05, 0.1) is 0 Å². The van der Waals surface area contributed by atoms with Crippen LogP contribution in [-0.2, 0) is 4.79 Å². The number of anilines is 1. The van der Waals surface area contributed by atoms with E-state index in [1.54, 1.807) is 30.6 Å². The van der Waals surface area contributed by atoms with E-state index in [0.29, 0.717) is 11.5 Å². The standard InChI is InChI=1S/C13H11N3O3/c17-12(16-13-14-6-3-7-15-13)11-8-18-9-4-1-2-5-10(9)19-11/h1-7,11H,8H2,(H,14,15,16,17)/t11-/m0/s1. The fraction of sp³-hybridized carbons (Fsp3) is 0.154. The third-order valence-electron chi connectivity index (χ3n) is 2.60. The van der Waals surface area contributed by atoms with Gasteiger partial charge in [0, 0.05) is 12.4 Å². The molecular weight excluding hydrogens is 246 g/mol. The lowest BCUT2D eigenvalue weighted by molar-refractivity contribution is -0.125. The molecule has 1 amide bonds. The van der Waals surface area contributed by atoms with E-state index >= 15 is 0 Å². The second kappa shape index (κ2) is 4.93. The first-order valence-corrected chi connectivity index (χ1v) is 5.79. The fourth-order valence-electron chi connectivity index (χ4n) is 1.70. The number of hydrogen-bond acceptors (Lipinski definition) is 5. The van der Waals surface area contributed by atoms with Crippen molar-refractivity contribution in [2.24, 2.45) is 0 Å². The van der Waals surface area contributed by atoms with Gasteiger partial charge in [-0.25, -0.2) is 9.97 Å². The van der Waals surface area contributed by atoms with Crippen molar-refractivity contribution >= 4 is 11.9 Å². The number of benzene rings is 1. The molecule has 3 rings (SSSR count). The molecule has 6 nitrogen and oxygen atoms in total. The van der Waals surface area contributed by atoms with Gasteiger partial charge < -0.3 is 9.47 Å². The first-order valence-electron chi connectivity index (χ1n) is 5.79. The third-order valence-corrected chi connectivity index (χ3v) is 2.60. The molecule has 1 atom stereocenters. The summed E-state index contributed by atoms with van der Waals surface area (Å²) in [7, 11) is 0. The maximum atomic E-state index is 12.0. The van der Waals surface area contributed by atoms with Crippen LogP contribution >= 0.6 is 0 Å². The van der Waals surface area contributed by atoms with Gasteiger partial charge in [0.1, 0.15) is 6.61 Å². The van der Waals surface area contributed by atoms with Gasteiger partial charge in [-0.1, -0.05) is 12.1 Å². The van der Waals surface area contributed by atoms with E-state index in [4.69, 9.17) is 9.47 Å². The van der Waals surface area contributed by atoms with Crippen LogP contribution in [0.25, 0.3) is 0 Å². The highest BCUT2D eigenvalue weighted by molar-refractivity contribution is 5.93. The van der Waals surface area contributed by atoms with Crippen LogP contribution in [-0.4, -0.2) is 28.6 Å². The summed E-state index contributed by atoms with van der Waals surface area (Å²) in [6, 6.07) is 8.90. The van der Waals surface area contributed by atoms with Crippen LogP contribution in [0.15, 0.2) is 42.7 Å². The summed E-state index contributed by atoms with van der Waals surface area (Å²) in [6.45, 7) is 0.162. The number of hydrogen-bond donors (Lipinski definition) is 1. The molecule has 0 unspecified atom stereocenters. The van der Waals surface area contributed by atoms with Crippen LogP contribution in [0.3, 0.4) is 0 Å². The fourth-order valence-corrected chi connectivity index (χ4v) is 1.70. The molecule has 2 heterocycles. The number of fused-ring (bicyclic) bond motifs is 1. The highest BCUT2D eigenvalue weighted by Crippen LogP contribution is 2.30. The molecule has 1 aromatic heterocycles. The third kappa shape index (κ3) is 2.47. The van der Waals surface area contributed by atoms with Crippen LogP contribution in [0.2, 0.25) is 0 Å². The molecule has 96 valence electrons. The van der Waals surface area contributed by atoms with Crippen molar-refractivity contribution in [1.29, 1.82) is 0 Å². The molecule has 0 radical (unpaired) electrons. The van der Waals surface area contributed by atoms with E-state index in [0.717, 1.165) is 0 Å². The van der Waals surface area contributed by atoms with Crippen molar-refractivity contribution in [2.45, 2.75) is 6.10 Å². The molecule has 6 heteroatoms. The number of carbonyl (C=O) groups is 1. The Morgan fingerprint density at radius 3 is 2.68 bits per heavy atom. The van der Waals surface area contributed by atoms with Crippen LogP contribution in [0.4, 0.5) is 5.95 Å². The number of nitrogens with zero attached hydrogens (tertiary/aromatic N) is 2. The summed E-state index contributed by atoms with van der Waals surface area (Å²) in [6.07, 6.45) is 2.39. The van der Waals surface area contributed by atoms with Gasteiger partial charge >= 0.3 is 0 Å². The summed E-state index contributed by atoms with van der Waals surface area (Å²) in [5.41, 5.74) is 0. The van der Waals surface area contributed by atoms with E-state index in [9.17, 15) is 4.79 Å². The molecular formula is C13H11N3O3. The zero-order valence-corrected chi connectivity index (χ0v) is 9.95. The summed E-state index contributed by atoms with van der Waals surface area (Å²) < 4.78 is 11.0. The number of nitrogens with one attached hydrogen (secondary N) is 1. The van der Waals surface area contributed by atoms with Gasteiger partial charge in [0.25, 0.3) is 5.91 Å². The van der Waals surface area contributed by atoms with E-state index in [-0.39, 0.29) is 18.5 Å². The number of amides is 1. The molecule has 0 spiro atoms. The monoisotopic (exact) mass is 257 g/mol. The largest absolute Gasteiger partial charge is 0.485 e. The lowest BCUT2D eigenvalue weighted by Gasteiger charge is -2.25. The number of ether oxygens (including phenoxy) is 2. The van der Waals surface area contributed by atoms with Gasteiger partial charge in [-0.05, 0) is 18.2 Å². The van der Waals surface area contributed by atoms with Gasteiger partial charge in [0.15, 0.2) is 11.5 Å². The maximum Gasteiger partial charge on any atom is 0.271 e. The normalized spacial score (nSPS) is 16.7. The Morgan fingerprint density at radius 2 is 1.89 bits per heavy atom. The van der Waals surface area contributed by atoms with Crippen molar-refractivity contribution in [3.8, 4) is 11.5 Å². The number of para-hydroxylation sites is 2. The smallest absolute Gasteiger partial charge is 0.271 e. The average molecular weight is 257 g/mol. The molecule has 1 aromatic carbocycles. The molecule has 19 heavy (non-hydrogen) atoms. The first-order chi connectivity index (χ1) is 9.33. The average Bonchev–Trinajstić information content (AvgIpc) is 2.48. The molecule has 1 N–H and O–H groups in total. The highest BCUT2D eigenvalue weighted by Gasteiger charge is 2.27. The molecule has 1 aliphatic rings. The van der Waals surface area contributed by atoms with Crippen LogP contribution < -0.4 is 14.8 Å². The number of carbonyl (C=O) groups excluding carboxylic acids is 1. The zero-order valence-electron chi connectivity index (χ0n) is 9.95. The van der Waals surface area contributed by atoms with E-state index < -0.39 is 6.10 Å². The predicted octanol–water partition coefficient (Wildman–Crippen LogP) is 1.26. The first kappa shape index (κ1) is 11.5.